The second-order valence-corrected chi connectivity index (χ2v) is 6.79. The van der Waals surface area contributed by atoms with Crippen LogP contribution in [0.4, 0.5) is 0 Å². The van der Waals surface area contributed by atoms with Crippen molar-refractivity contribution in [2.45, 2.75) is 39.8 Å². The molecule has 0 heterocycles. The smallest absolute Gasteiger partial charge is 0.258 e. The largest absolute Gasteiger partial charge is 0.490 e. The fraction of sp³-hybridized carbons (Fsp3) is 0.562. The van der Waals surface area contributed by atoms with Gasteiger partial charge in [0.05, 0.1) is 6.61 Å². The van der Waals surface area contributed by atoms with Crippen molar-refractivity contribution in [1.82, 2.24) is 10.6 Å². The van der Waals surface area contributed by atoms with E-state index in [-0.39, 0.29) is 18.1 Å². The number of rotatable bonds is 7. The SMILES string of the molecule is CCOc1cc(CNC)c(Br)cc1OCC(=O)NC(C)(C)C. The molecule has 0 spiro atoms. The van der Waals surface area contributed by atoms with Crippen LogP contribution >= 0.6 is 15.9 Å². The third-order valence-corrected chi connectivity index (χ3v) is 3.39. The Bertz CT molecular complexity index is 513. The van der Waals surface area contributed by atoms with Gasteiger partial charge in [0.1, 0.15) is 0 Å². The fourth-order valence-electron chi connectivity index (χ4n) is 1.88. The highest BCUT2D eigenvalue weighted by Crippen LogP contribution is 2.33. The summed E-state index contributed by atoms with van der Waals surface area (Å²) in [6, 6.07) is 3.75. The number of amides is 1. The summed E-state index contributed by atoms with van der Waals surface area (Å²) in [6.45, 7) is 8.90. The van der Waals surface area contributed by atoms with Gasteiger partial charge in [0, 0.05) is 16.6 Å². The minimum absolute atomic E-state index is 0.0465. The van der Waals surface area contributed by atoms with Gasteiger partial charge in [-0.05, 0) is 52.4 Å². The van der Waals surface area contributed by atoms with Crippen LogP contribution in [0.1, 0.15) is 33.3 Å². The van der Waals surface area contributed by atoms with Crippen molar-refractivity contribution in [2.24, 2.45) is 0 Å². The second-order valence-electron chi connectivity index (χ2n) is 5.94. The summed E-state index contributed by atoms with van der Waals surface area (Å²) >= 11 is 3.51. The van der Waals surface area contributed by atoms with E-state index < -0.39 is 0 Å². The van der Waals surface area contributed by atoms with Crippen LogP contribution in [0.5, 0.6) is 11.5 Å². The van der Waals surface area contributed by atoms with E-state index in [9.17, 15) is 4.79 Å². The first-order valence-corrected chi connectivity index (χ1v) is 8.09. The highest BCUT2D eigenvalue weighted by molar-refractivity contribution is 9.10. The van der Waals surface area contributed by atoms with Crippen LogP contribution in [0.15, 0.2) is 16.6 Å². The van der Waals surface area contributed by atoms with Crippen molar-refractivity contribution >= 4 is 21.8 Å². The van der Waals surface area contributed by atoms with E-state index in [0.29, 0.717) is 24.7 Å². The molecule has 2 N–H and O–H groups in total. The molecule has 124 valence electrons. The van der Waals surface area contributed by atoms with Crippen molar-refractivity contribution in [3.05, 3.63) is 22.2 Å². The minimum Gasteiger partial charge on any atom is -0.490 e. The van der Waals surface area contributed by atoms with Gasteiger partial charge in [-0.25, -0.2) is 0 Å². The van der Waals surface area contributed by atoms with Crippen LogP contribution in [0.25, 0.3) is 0 Å². The average molecular weight is 373 g/mol. The number of nitrogens with one attached hydrogen (secondary N) is 2. The van der Waals surface area contributed by atoms with Crippen LogP contribution in [0, 0.1) is 0 Å². The van der Waals surface area contributed by atoms with Crippen molar-refractivity contribution in [2.75, 3.05) is 20.3 Å². The van der Waals surface area contributed by atoms with Gasteiger partial charge < -0.3 is 20.1 Å². The van der Waals surface area contributed by atoms with E-state index in [1.165, 1.54) is 0 Å². The zero-order chi connectivity index (χ0) is 16.8. The first kappa shape index (κ1) is 18.8. The van der Waals surface area contributed by atoms with E-state index in [2.05, 4.69) is 26.6 Å². The number of hydrogen-bond donors (Lipinski definition) is 2. The maximum Gasteiger partial charge on any atom is 0.258 e. The predicted molar refractivity (Wildman–Crippen MR) is 91.5 cm³/mol. The Balaban J connectivity index is 2.84. The molecular formula is C16H25BrN2O3. The van der Waals surface area contributed by atoms with E-state index >= 15 is 0 Å². The fourth-order valence-corrected chi connectivity index (χ4v) is 2.34. The standard InChI is InChI=1S/C16H25BrN2O3/c1-6-21-13-7-11(9-18-5)12(17)8-14(13)22-10-15(20)19-16(2,3)4/h7-8,18H,6,9-10H2,1-5H3,(H,19,20). The van der Waals surface area contributed by atoms with Gasteiger partial charge in [-0.15, -0.1) is 0 Å². The molecule has 0 saturated heterocycles. The topological polar surface area (TPSA) is 59.6 Å². The molecule has 1 amide bonds. The van der Waals surface area contributed by atoms with Crippen LogP contribution in [-0.4, -0.2) is 31.7 Å². The summed E-state index contributed by atoms with van der Waals surface area (Å²) in [5.41, 5.74) is 0.790. The first-order valence-electron chi connectivity index (χ1n) is 7.30. The lowest BCUT2D eigenvalue weighted by Gasteiger charge is -2.21. The van der Waals surface area contributed by atoms with E-state index in [4.69, 9.17) is 9.47 Å². The Morgan fingerprint density at radius 2 is 1.86 bits per heavy atom. The molecule has 1 aromatic rings. The number of carbonyl (C=O) groups excluding carboxylic acids is 1. The summed E-state index contributed by atoms with van der Waals surface area (Å²) in [7, 11) is 1.88. The van der Waals surface area contributed by atoms with Gasteiger partial charge in [0.15, 0.2) is 18.1 Å². The third kappa shape index (κ3) is 6.23. The number of carbonyl (C=O) groups is 1. The molecule has 0 bridgehead atoms. The van der Waals surface area contributed by atoms with Gasteiger partial charge in [-0.2, -0.15) is 0 Å². The van der Waals surface area contributed by atoms with Crippen LogP contribution in [0.3, 0.4) is 0 Å². The average Bonchev–Trinajstić information content (AvgIpc) is 2.39. The maximum atomic E-state index is 11.9. The molecule has 0 saturated carbocycles. The Kier molecular flexibility index (Phi) is 7.16. The highest BCUT2D eigenvalue weighted by atomic mass is 79.9. The van der Waals surface area contributed by atoms with Gasteiger partial charge >= 0.3 is 0 Å². The quantitative estimate of drug-likeness (QED) is 0.772. The van der Waals surface area contributed by atoms with Gasteiger partial charge in [0.2, 0.25) is 0 Å². The summed E-state index contributed by atoms with van der Waals surface area (Å²) in [4.78, 5) is 11.9. The molecule has 0 aliphatic heterocycles. The van der Waals surface area contributed by atoms with E-state index in [1.54, 1.807) is 0 Å². The van der Waals surface area contributed by atoms with Gasteiger partial charge in [-0.3, -0.25) is 4.79 Å². The van der Waals surface area contributed by atoms with Gasteiger partial charge in [-0.1, -0.05) is 15.9 Å². The number of benzene rings is 1. The lowest BCUT2D eigenvalue weighted by Crippen LogP contribution is -2.43. The zero-order valence-electron chi connectivity index (χ0n) is 13.9. The second kappa shape index (κ2) is 8.39. The molecule has 0 fully saturated rings. The molecule has 6 heteroatoms. The molecule has 22 heavy (non-hydrogen) atoms. The molecular weight excluding hydrogens is 348 g/mol. The highest BCUT2D eigenvalue weighted by Gasteiger charge is 2.16. The van der Waals surface area contributed by atoms with Crippen LogP contribution in [-0.2, 0) is 11.3 Å². The number of hydrogen-bond acceptors (Lipinski definition) is 4. The molecule has 0 aliphatic rings. The number of ether oxygens (including phenoxy) is 2. The summed E-state index contributed by atoms with van der Waals surface area (Å²) < 4.78 is 12.1. The predicted octanol–water partition coefficient (Wildman–Crippen LogP) is 2.86. The van der Waals surface area contributed by atoms with Crippen molar-refractivity contribution in [3.63, 3.8) is 0 Å². The Morgan fingerprint density at radius 3 is 2.41 bits per heavy atom. The van der Waals surface area contributed by atoms with Crippen LogP contribution < -0.4 is 20.1 Å². The Morgan fingerprint density at radius 1 is 1.23 bits per heavy atom. The Hall–Kier alpha value is -1.27. The molecule has 0 aromatic heterocycles. The van der Waals surface area contributed by atoms with E-state index in [0.717, 1.165) is 10.0 Å². The summed E-state index contributed by atoms with van der Waals surface area (Å²) in [5, 5.41) is 5.96. The van der Waals surface area contributed by atoms with Crippen molar-refractivity contribution < 1.29 is 14.3 Å². The van der Waals surface area contributed by atoms with Crippen molar-refractivity contribution in [1.29, 1.82) is 0 Å². The summed E-state index contributed by atoms with van der Waals surface area (Å²) in [6.07, 6.45) is 0. The molecule has 0 unspecified atom stereocenters. The third-order valence-electron chi connectivity index (χ3n) is 2.65. The zero-order valence-corrected chi connectivity index (χ0v) is 15.5. The maximum absolute atomic E-state index is 11.9. The van der Waals surface area contributed by atoms with E-state index in [1.807, 2.05) is 46.9 Å². The van der Waals surface area contributed by atoms with Crippen molar-refractivity contribution in [3.8, 4) is 11.5 Å². The normalized spacial score (nSPS) is 11.2. The van der Waals surface area contributed by atoms with Crippen LogP contribution in [0.2, 0.25) is 0 Å². The minimum atomic E-state index is -0.277. The molecule has 0 aliphatic carbocycles. The molecule has 1 aromatic carbocycles. The molecule has 5 nitrogen and oxygen atoms in total. The monoisotopic (exact) mass is 372 g/mol. The lowest BCUT2D eigenvalue weighted by atomic mass is 10.1. The molecule has 0 radical (unpaired) electrons. The number of halogens is 1. The lowest BCUT2D eigenvalue weighted by molar-refractivity contribution is -0.124. The van der Waals surface area contributed by atoms with Gasteiger partial charge in [0.25, 0.3) is 5.91 Å². The molecule has 1 rings (SSSR count). The summed E-state index contributed by atoms with van der Waals surface area (Å²) in [5.74, 6) is 1.03. The molecule has 0 atom stereocenters. The Labute approximate surface area is 140 Å². The first-order chi connectivity index (χ1) is 10.3.